The molecule has 106 valence electrons. The van der Waals surface area contributed by atoms with Crippen LogP contribution in [0.5, 0.6) is 0 Å². The minimum atomic E-state index is -0.413. The Balaban J connectivity index is 2.23. The minimum Gasteiger partial charge on any atom is -0.369 e. The van der Waals surface area contributed by atoms with Crippen LogP contribution in [0, 0.1) is 5.82 Å². The second-order valence-electron chi connectivity index (χ2n) is 4.30. The van der Waals surface area contributed by atoms with Gasteiger partial charge in [-0.3, -0.25) is 0 Å². The molecule has 0 unspecified atom stereocenters. The minimum absolute atomic E-state index is 0.115. The Morgan fingerprint density at radius 1 is 1.40 bits per heavy atom. The van der Waals surface area contributed by atoms with Gasteiger partial charge in [-0.2, -0.15) is 0 Å². The van der Waals surface area contributed by atoms with Gasteiger partial charge in [-0.1, -0.05) is 30.7 Å². The molecule has 0 aliphatic heterocycles. The lowest BCUT2D eigenvalue weighted by Gasteiger charge is -2.09. The number of benzene rings is 1. The summed E-state index contributed by atoms with van der Waals surface area (Å²) in [5.41, 5.74) is 0.487. The van der Waals surface area contributed by atoms with Gasteiger partial charge in [-0.15, -0.1) is 0 Å². The number of hydrogen-bond acceptors (Lipinski definition) is 3. The van der Waals surface area contributed by atoms with E-state index in [4.69, 9.17) is 11.6 Å². The van der Waals surface area contributed by atoms with Gasteiger partial charge in [0.05, 0.1) is 9.50 Å². The molecule has 0 spiro atoms. The van der Waals surface area contributed by atoms with Crippen LogP contribution in [0.1, 0.15) is 24.7 Å². The summed E-state index contributed by atoms with van der Waals surface area (Å²) in [6, 6.07) is 4.93. The molecule has 0 bridgehead atoms. The monoisotopic (exact) mass is 357 g/mol. The van der Waals surface area contributed by atoms with Crippen LogP contribution in [0.3, 0.4) is 0 Å². The van der Waals surface area contributed by atoms with Gasteiger partial charge in [0, 0.05) is 19.2 Å². The molecule has 0 aliphatic rings. The van der Waals surface area contributed by atoms with Crippen molar-refractivity contribution in [1.82, 2.24) is 9.97 Å². The van der Waals surface area contributed by atoms with Crippen LogP contribution in [0.25, 0.3) is 0 Å². The van der Waals surface area contributed by atoms with Crippen LogP contribution in [0.2, 0.25) is 5.02 Å². The van der Waals surface area contributed by atoms with E-state index in [9.17, 15) is 4.39 Å². The zero-order valence-corrected chi connectivity index (χ0v) is 13.3. The molecule has 3 nitrogen and oxygen atoms in total. The Morgan fingerprint density at radius 3 is 2.95 bits per heavy atom. The van der Waals surface area contributed by atoms with E-state index in [0.29, 0.717) is 17.8 Å². The van der Waals surface area contributed by atoms with Crippen molar-refractivity contribution in [2.45, 2.75) is 19.8 Å². The van der Waals surface area contributed by atoms with Crippen molar-refractivity contribution in [1.29, 1.82) is 0 Å². The Bertz CT molecular complexity index is 607. The average molecular weight is 359 g/mol. The highest BCUT2D eigenvalue weighted by Gasteiger charge is 2.10. The molecule has 0 saturated carbocycles. The second-order valence-corrected chi connectivity index (χ2v) is 5.56. The van der Waals surface area contributed by atoms with E-state index in [1.54, 1.807) is 18.3 Å². The number of anilines is 1. The standard InChI is InChI=1S/C14H14BrClFN3/c1-2-6-18-14-10(15)8-19-12(20-14)7-9-4-3-5-11(16)13(9)17/h3-5,8H,2,6-7H2,1H3,(H,18,19,20). The Hall–Kier alpha value is -1.20. The lowest BCUT2D eigenvalue weighted by molar-refractivity contribution is 0.612. The Labute approximate surface area is 130 Å². The second kappa shape index (κ2) is 6.99. The first-order valence-electron chi connectivity index (χ1n) is 6.30. The van der Waals surface area contributed by atoms with Gasteiger partial charge in [0.1, 0.15) is 17.5 Å². The van der Waals surface area contributed by atoms with E-state index in [2.05, 4.69) is 38.1 Å². The van der Waals surface area contributed by atoms with Gasteiger partial charge in [0.2, 0.25) is 0 Å². The molecule has 1 heterocycles. The molecule has 1 aromatic heterocycles. The molecular weight excluding hydrogens is 345 g/mol. The average Bonchev–Trinajstić information content (AvgIpc) is 2.44. The van der Waals surface area contributed by atoms with Gasteiger partial charge in [-0.25, -0.2) is 14.4 Å². The van der Waals surface area contributed by atoms with E-state index in [-0.39, 0.29) is 5.02 Å². The third-order valence-electron chi connectivity index (χ3n) is 2.72. The van der Waals surface area contributed by atoms with Crippen LogP contribution in [0.15, 0.2) is 28.9 Å². The first-order chi connectivity index (χ1) is 9.61. The molecule has 20 heavy (non-hydrogen) atoms. The molecule has 6 heteroatoms. The molecule has 1 N–H and O–H groups in total. The lowest BCUT2D eigenvalue weighted by Crippen LogP contribution is -2.06. The van der Waals surface area contributed by atoms with Crippen molar-refractivity contribution >= 4 is 33.3 Å². The van der Waals surface area contributed by atoms with Crippen molar-refractivity contribution in [2.75, 3.05) is 11.9 Å². The summed E-state index contributed by atoms with van der Waals surface area (Å²) in [7, 11) is 0. The highest BCUT2D eigenvalue weighted by Crippen LogP contribution is 2.22. The van der Waals surface area contributed by atoms with Crippen molar-refractivity contribution in [3.05, 3.63) is 51.1 Å². The zero-order chi connectivity index (χ0) is 14.5. The van der Waals surface area contributed by atoms with E-state index in [0.717, 1.165) is 23.3 Å². The molecule has 0 aliphatic carbocycles. The number of rotatable bonds is 5. The van der Waals surface area contributed by atoms with Crippen molar-refractivity contribution in [3.63, 3.8) is 0 Å². The molecular formula is C14H14BrClFN3. The molecule has 0 amide bonds. The van der Waals surface area contributed by atoms with Crippen LogP contribution < -0.4 is 5.32 Å². The van der Waals surface area contributed by atoms with Gasteiger partial charge in [0.15, 0.2) is 0 Å². The molecule has 0 radical (unpaired) electrons. The number of halogens is 3. The number of nitrogens with zero attached hydrogens (tertiary/aromatic N) is 2. The van der Waals surface area contributed by atoms with E-state index in [1.807, 2.05) is 0 Å². The quantitative estimate of drug-likeness (QED) is 0.858. The van der Waals surface area contributed by atoms with Crippen molar-refractivity contribution in [3.8, 4) is 0 Å². The first-order valence-corrected chi connectivity index (χ1v) is 7.47. The van der Waals surface area contributed by atoms with E-state index >= 15 is 0 Å². The van der Waals surface area contributed by atoms with Crippen LogP contribution in [0.4, 0.5) is 10.2 Å². The Kier molecular flexibility index (Phi) is 5.31. The smallest absolute Gasteiger partial charge is 0.145 e. The summed E-state index contributed by atoms with van der Waals surface area (Å²) < 4.78 is 14.7. The lowest BCUT2D eigenvalue weighted by atomic mass is 10.1. The van der Waals surface area contributed by atoms with E-state index < -0.39 is 5.82 Å². The SMILES string of the molecule is CCCNc1nc(Cc2cccc(Cl)c2F)ncc1Br. The van der Waals surface area contributed by atoms with Gasteiger partial charge in [0.25, 0.3) is 0 Å². The molecule has 0 fully saturated rings. The molecule has 2 rings (SSSR count). The topological polar surface area (TPSA) is 37.8 Å². The summed E-state index contributed by atoms with van der Waals surface area (Å²) in [6.07, 6.45) is 2.97. The van der Waals surface area contributed by atoms with Crippen LogP contribution in [-0.4, -0.2) is 16.5 Å². The fourth-order valence-electron chi connectivity index (χ4n) is 1.71. The van der Waals surface area contributed by atoms with Gasteiger partial charge < -0.3 is 5.32 Å². The van der Waals surface area contributed by atoms with Crippen molar-refractivity contribution < 1.29 is 4.39 Å². The van der Waals surface area contributed by atoms with Crippen LogP contribution in [-0.2, 0) is 6.42 Å². The molecule has 0 atom stereocenters. The maximum atomic E-state index is 13.9. The maximum absolute atomic E-state index is 13.9. The van der Waals surface area contributed by atoms with Gasteiger partial charge >= 0.3 is 0 Å². The molecule has 1 aromatic carbocycles. The summed E-state index contributed by atoms with van der Waals surface area (Å²) in [6.45, 7) is 2.89. The largest absolute Gasteiger partial charge is 0.369 e. The van der Waals surface area contributed by atoms with Crippen LogP contribution >= 0.6 is 27.5 Å². The third kappa shape index (κ3) is 3.67. The number of aromatic nitrogens is 2. The fourth-order valence-corrected chi connectivity index (χ4v) is 2.24. The first kappa shape index (κ1) is 15.2. The predicted octanol–water partition coefficient (Wildman–Crippen LogP) is 4.44. The number of hydrogen-bond donors (Lipinski definition) is 1. The summed E-state index contributed by atoms with van der Waals surface area (Å²) in [5.74, 6) is 0.857. The molecule has 0 saturated heterocycles. The molecule has 2 aromatic rings. The predicted molar refractivity (Wildman–Crippen MR) is 82.7 cm³/mol. The Morgan fingerprint density at radius 2 is 2.20 bits per heavy atom. The zero-order valence-electron chi connectivity index (χ0n) is 11.0. The summed E-state index contributed by atoms with van der Waals surface area (Å²) >= 11 is 9.16. The highest BCUT2D eigenvalue weighted by atomic mass is 79.9. The highest BCUT2D eigenvalue weighted by molar-refractivity contribution is 9.10. The van der Waals surface area contributed by atoms with Crippen molar-refractivity contribution in [2.24, 2.45) is 0 Å². The normalized spacial score (nSPS) is 10.6. The number of nitrogens with one attached hydrogen (secondary N) is 1. The maximum Gasteiger partial charge on any atom is 0.145 e. The van der Waals surface area contributed by atoms with E-state index in [1.165, 1.54) is 6.07 Å². The fraction of sp³-hybridized carbons (Fsp3) is 0.286. The van der Waals surface area contributed by atoms with Gasteiger partial charge in [-0.05, 0) is 34.0 Å². The summed E-state index contributed by atoms with van der Waals surface area (Å²) in [5, 5.41) is 3.31. The summed E-state index contributed by atoms with van der Waals surface area (Å²) in [4.78, 5) is 8.60. The third-order valence-corrected chi connectivity index (χ3v) is 3.59.